The van der Waals surface area contributed by atoms with Gasteiger partial charge in [-0.05, 0) is 55.2 Å². The number of benzene rings is 1. The fourth-order valence-corrected chi connectivity index (χ4v) is 7.33. The van der Waals surface area contributed by atoms with Crippen LogP contribution in [0.15, 0.2) is 24.4 Å². The second kappa shape index (κ2) is 9.14. The lowest BCUT2D eigenvalue weighted by molar-refractivity contribution is -0.143. The van der Waals surface area contributed by atoms with Crippen molar-refractivity contribution in [2.45, 2.75) is 50.9 Å². The van der Waals surface area contributed by atoms with Crippen LogP contribution in [0, 0.1) is 11.8 Å². The van der Waals surface area contributed by atoms with Gasteiger partial charge in [0.1, 0.15) is 9.34 Å². The van der Waals surface area contributed by atoms with Crippen LogP contribution in [0.4, 0.5) is 5.69 Å². The minimum absolute atomic E-state index is 0.0134. The summed E-state index contributed by atoms with van der Waals surface area (Å²) in [5, 5.41) is 0.716. The molecular weight excluding hydrogens is 496 g/mol. The van der Waals surface area contributed by atoms with Gasteiger partial charge in [0.2, 0.25) is 17.7 Å². The van der Waals surface area contributed by atoms with Gasteiger partial charge >= 0.3 is 0 Å². The summed E-state index contributed by atoms with van der Waals surface area (Å²) in [5.74, 6) is 1.16. The number of anilines is 1. The van der Waals surface area contributed by atoms with Crippen molar-refractivity contribution >= 4 is 46.3 Å². The van der Waals surface area contributed by atoms with Crippen molar-refractivity contribution < 1.29 is 14.4 Å². The lowest BCUT2D eigenvalue weighted by Gasteiger charge is -2.41. The van der Waals surface area contributed by atoms with E-state index in [1.807, 2.05) is 14.7 Å². The average molecular weight is 527 g/mol. The Labute approximate surface area is 220 Å². The Bertz CT molecular complexity index is 1220. The molecule has 3 amide bonds. The Balaban J connectivity index is 1.21. The molecule has 1 aromatic carbocycles. The molecule has 2 aromatic rings. The molecule has 0 radical (unpaired) electrons. The summed E-state index contributed by atoms with van der Waals surface area (Å²) in [6, 6.07) is 6.50. The average Bonchev–Trinajstić information content (AvgIpc) is 3.47. The third kappa shape index (κ3) is 4.22. The molecule has 7 nitrogen and oxygen atoms in total. The maximum atomic E-state index is 13.4. The summed E-state index contributed by atoms with van der Waals surface area (Å²) in [5.41, 5.74) is 3.16. The van der Waals surface area contributed by atoms with Crippen molar-refractivity contribution in [1.82, 2.24) is 14.8 Å². The molecule has 1 spiro atoms. The van der Waals surface area contributed by atoms with Crippen molar-refractivity contribution in [2.24, 2.45) is 11.8 Å². The van der Waals surface area contributed by atoms with Crippen LogP contribution in [0.1, 0.15) is 48.7 Å². The predicted molar refractivity (Wildman–Crippen MR) is 139 cm³/mol. The Morgan fingerprint density at radius 2 is 1.94 bits per heavy atom. The molecule has 3 aliphatic heterocycles. The highest BCUT2D eigenvalue weighted by Crippen LogP contribution is 2.48. The number of likely N-dealkylation sites (tertiary alicyclic amines) is 2. The molecule has 6 rings (SSSR count). The van der Waals surface area contributed by atoms with Gasteiger partial charge < -0.3 is 14.7 Å². The van der Waals surface area contributed by atoms with E-state index in [1.165, 1.54) is 22.5 Å². The van der Waals surface area contributed by atoms with Gasteiger partial charge in [-0.1, -0.05) is 23.7 Å². The zero-order chi connectivity index (χ0) is 25.0. The fraction of sp³-hybridized carbons (Fsp3) is 0.556. The van der Waals surface area contributed by atoms with Crippen LogP contribution in [-0.4, -0.2) is 65.2 Å². The summed E-state index contributed by atoms with van der Waals surface area (Å²) in [4.78, 5) is 48.1. The number of amides is 3. The highest BCUT2D eigenvalue weighted by atomic mass is 35.5. The highest BCUT2D eigenvalue weighted by molar-refractivity contribution is 7.15. The summed E-state index contributed by atoms with van der Waals surface area (Å²) < 4.78 is 0.582. The summed E-state index contributed by atoms with van der Waals surface area (Å²) in [6.07, 6.45) is 6.69. The Hall–Kier alpha value is -2.45. The predicted octanol–water partition coefficient (Wildman–Crippen LogP) is 3.68. The van der Waals surface area contributed by atoms with Gasteiger partial charge in [0.05, 0.1) is 12.6 Å². The van der Waals surface area contributed by atoms with E-state index < -0.39 is 0 Å². The molecule has 9 heteroatoms. The number of thiazole rings is 1. The largest absolute Gasteiger partial charge is 0.342 e. The number of hydrogen-bond donors (Lipinski definition) is 0. The number of hydrogen-bond acceptors (Lipinski definition) is 5. The molecule has 2 saturated heterocycles. The van der Waals surface area contributed by atoms with E-state index in [-0.39, 0.29) is 29.6 Å². The Kier molecular flexibility index (Phi) is 6.07. The van der Waals surface area contributed by atoms with Crippen LogP contribution < -0.4 is 4.90 Å². The maximum Gasteiger partial charge on any atom is 0.233 e. The first-order valence-electron chi connectivity index (χ1n) is 12.9. The lowest BCUT2D eigenvalue weighted by atomic mass is 9.71. The van der Waals surface area contributed by atoms with E-state index in [4.69, 9.17) is 11.6 Å². The molecule has 1 unspecified atom stereocenters. The van der Waals surface area contributed by atoms with Crippen molar-refractivity contribution in [3.05, 3.63) is 44.9 Å². The zero-order valence-electron chi connectivity index (χ0n) is 20.5. The van der Waals surface area contributed by atoms with Gasteiger partial charge in [-0.3, -0.25) is 14.4 Å². The van der Waals surface area contributed by atoms with Crippen LogP contribution in [0.2, 0.25) is 4.34 Å². The van der Waals surface area contributed by atoms with Crippen LogP contribution >= 0.6 is 22.9 Å². The maximum absolute atomic E-state index is 13.4. The minimum atomic E-state index is -0.233. The molecule has 190 valence electrons. The molecule has 36 heavy (non-hydrogen) atoms. The smallest absolute Gasteiger partial charge is 0.233 e. The summed E-state index contributed by atoms with van der Waals surface area (Å²) in [6.45, 7) is 5.41. The normalized spacial score (nSPS) is 26.7. The highest BCUT2D eigenvalue weighted by Gasteiger charge is 2.49. The molecule has 4 aliphatic rings. The quantitative estimate of drug-likeness (QED) is 0.596. The lowest BCUT2D eigenvalue weighted by Crippen LogP contribution is -2.48. The second-order valence-electron chi connectivity index (χ2n) is 11.0. The van der Waals surface area contributed by atoms with Gasteiger partial charge in [-0.2, -0.15) is 0 Å². The summed E-state index contributed by atoms with van der Waals surface area (Å²) >= 11 is 7.37. The van der Waals surface area contributed by atoms with E-state index in [1.54, 1.807) is 13.1 Å². The van der Waals surface area contributed by atoms with Crippen molar-refractivity contribution in [3.8, 4) is 0 Å². The molecule has 3 fully saturated rings. The second-order valence-corrected chi connectivity index (χ2v) is 12.7. The number of rotatable bonds is 5. The zero-order valence-corrected chi connectivity index (χ0v) is 22.1. The third-order valence-electron chi connectivity index (χ3n) is 8.59. The van der Waals surface area contributed by atoms with Crippen molar-refractivity contribution in [1.29, 1.82) is 0 Å². The molecule has 4 heterocycles. The molecule has 0 N–H and O–H groups in total. The van der Waals surface area contributed by atoms with Gasteiger partial charge in [-0.15, -0.1) is 11.3 Å². The first kappa shape index (κ1) is 23.9. The fourth-order valence-electron chi connectivity index (χ4n) is 6.38. The van der Waals surface area contributed by atoms with Gasteiger partial charge in [0.15, 0.2) is 0 Å². The number of carbonyl (C=O) groups excluding carboxylic acids is 3. The molecule has 0 bridgehead atoms. The van der Waals surface area contributed by atoms with Gasteiger partial charge in [0.25, 0.3) is 0 Å². The number of nitrogens with zero attached hydrogens (tertiary/aromatic N) is 4. The molecular formula is C27H31ClN4O3S. The van der Waals surface area contributed by atoms with Gasteiger partial charge in [-0.25, -0.2) is 4.98 Å². The number of halogens is 1. The van der Waals surface area contributed by atoms with E-state index in [0.29, 0.717) is 40.8 Å². The standard InChI is InChI=1S/C27H31ClN4O3S/c1-17(33)31-8-5-27(15-31)16-32(25(34)13-24-29-14-23(28)36-24)22-4-3-18(12-21(22)27)9-19-10-20(11-19)26(35)30-6-2-7-30/h3-4,12,14,19-20H,2,5-11,13,15-16H2,1H3. The molecule has 1 atom stereocenters. The van der Waals surface area contributed by atoms with E-state index >= 15 is 0 Å². The number of fused-ring (bicyclic) bond motifs is 2. The van der Waals surface area contributed by atoms with Crippen LogP contribution in [0.25, 0.3) is 0 Å². The van der Waals surface area contributed by atoms with Crippen LogP contribution in [0.3, 0.4) is 0 Å². The first-order chi connectivity index (χ1) is 17.3. The van der Waals surface area contributed by atoms with Gasteiger partial charge in [0, 0.05) is 56.7 Å². The Morgan fingerprint density at radius 1 is 1.14 bits per heavy atom. The van der Waals surface area contributed by atoms with E-state index in [9.17, 15) is 14.4 Å². The number of aromatic nitrogens is 1. The van der Waals surface area contributed by atoms with Crippen molar-refractivity contribution in [3.63, 3.8) is 0 Å². The monoisotopic (exact) mass is 526 g/mol. The van der Waals surface area contributed by atoms with Crippen molar-refractivity contribution in [2.75, 3.05) is 37.6 Å². The third-order valence-corrected chi connectivity index (χ3v) is 9.70. The van der Waals surface area contributed by atoms with E-state index in [0.717, 1.165) is 50.9 Å². The number of carbonyl (C=O) groups is 3. The molecule has 1 saturated carbocycles. The van der Waals surface area contributed by atoms with E-state index in [2.05, 4.69) is 23.2 Å². The Morgan fingerprint density at radius 3 is 2.58 bits per heavy atom. The van der Waals surface area contributed by atoms with Crippen LogP contribution in [-0.2, 0) is 32.6 Å². The summed E-state index contributed by atoms with van der Waals surface area (Å²) in [7, 11) is 0. The molecule has 1 aromatic heterocycles. The SMILES string of the molecule is CC(=O)N1CCC2(C1)CN(C(=O)Cc1ncc(Cl)s1)c1ccc(CC3CC(C(=O)N4CCC4)C3)cc12. The van der Waals surface area contributed by atoms with Crippen LogP contribution in [0.5, 0.6) is 0 Å². The minimum Gasteiger partial charge on any atom is -0.342 e. The molecule has 1 aliphatic carbocycles. The topological polar surface area (TPSA) is 73.8 Å². The first-order valence-corrected chi connectivity index (χ1v) is 14.1.